The van der Waals surface area contributed by atoms with Crippen LogP contribution in [0.5, 0.6) is 11.6 Å². The van der Waals surface area contributed by atoms with Crippen LogP contribution in [0.1, 0.15) is 24.4 Å². The lowest BCUT2D eigenvalue weighted by atomic mass is 10.0. The molecule has 2 heterocycles. The maximum Gasteiger partial charge on any atom is 0.292 e. The van der Waals surface area contributed by atoms with E-state index in [0.29, 0.717) is 19.7 Å². The molecule has 134 valence electrons. The molecule has 0 N–H and O–H groups in total. The van der Waals surface area contributed by atoms with Crippen molar-refractivity contribution in [3.05, 3.63) is 42.2 Å². The van der Waals surface area contributed by atoms with Crippen LogP contribution >= 0.6 is 0 Å². The van der Waals surface area contributed by atoms with Crippen molar-refractivity contribution in [2.75, 3.05) is 26.8 Å². The Morgan fingerprint density at radius 3 is 2.80 bits per heavy atom. The first-order valence-corrected chi connectivity index (χ1v) is 8.12. The third kappa shape index (κ3) is 4.30. The van der Waals surface area contributed by atoms with E-state index in [9.17, 15) is 4.79 Å². The molecular weight excluding hydrogens is 324 g/mol. The fraction of sp³-hybridized carbons (Fsp3) is 0.444. The van der Waals surface area contributed by atoms with E-state index in [1.54, 1.807) is 4.90 Å². The number of ether oxygens (including phenoxy) is 3. The van der Waals surface area contributed by atoms with Crippen molar-refractivity contribution in [2.45, 2.75) is 25.6 Å². The zero-order chi connectivity index (χ0) is 17.9. The molecular formula is C18H22N2O5. The predicted molar refractivity (Wildman–Crippen MR) is 89.8 cm³/mol. The number of aromatic nitrogens is 1. The van der Waals surface area contributed by atoms with Crippen LogP contribution in [-0.4, -0.2) is 54.5 Å². The van der Waals surface area contributed by atoms with Crippen LogP contribution in [0.25, 0.3) is 0 Å². The van der Waals surface area contributed by atoms with Crippen molar-refractivity contribution < 1.29 is 23.5 Å². The molecule has 7 nitrogen and oxygen atoms in total. The number of hydrogen-bond acceptors (Lipinski definition) is 6. The molecule has 1 aliphatic rings. The number of hydrogen-bond donors (Lipinski definition) is 0. The number of morpholine rings is 1. The molecule has 1 atom stereocenters. The summed E-state index contributed by atoms with van der Waals surface area (Å²) in [6.45, 7) is 5.12. The summed E-state index contributed by atoms with van der Waals surface area (Å²) in [5.41, 5.74) is -0.483. The van der Waals surface area contributed by atoms with Gasteiger partial charge in [-0.3, -0.25) is 4.79 Å². The van der Waals surface area contributed by atoms with E-state index < -0.39 is 5.60 Å². The fourth-order valence-electron chi connectivity index (χ4n) is 2.85. The standard InChI is InChI=1S/C18H22N2O5/c1-18(2)12-20(17(21)15-9-16(22-3)19-25-15)10-14(24-18)11-23-13-7-5-4-6-8-13/h4-9,14H,10-12H2,1-3H3/t14-/m1/s1. The van der Waals surface area contributed by atoms with Crippen LogP contribution in [0.4, 0.5) is 0 Å². The molecule has 0 radical (unpaired) electrons. The summed E-state index contributed by atoms with van der Waals surface area (Å²) in [6, 6.07) is 11.0. The zero-order valence-corrected chi connectivity index (χ0v) is 14.6. The lowest BCUT2D eigenvalue weighted by Crippen LogP contribution is -2.56. The fourth-order valence-corrected chi connectivity index (χ4v) is 2.85. The molecule has 3 rings (SSSR count). The molecule has 1 fully saturated rings. The average molecular weight is 346 g/mol. The van der Waals surface area contributed by atoms with Crippen LogP contribution in [0, 0.1) is 0 Å². The van der Waals surface area contributed by atoms with E-state index >= 15 is 0 Å². The Labute approximate surface area is 146 Å². The Hall–Kier alpha value is -2.54. The molecule has 0 saturated carbocycles. The van der Waals surface area contributed by atoms with Gasteiger partial charge in [0.25, 0.3) is 11.8 Å². The maximum absolute atomic E-state index is 12.7. The van der Waals surface area contributed by atoms with Crippen molar-refractivity contribution in [3.8, 4) is 11.6 Å². The van der Waals surface area contributed by atoms with Crippen molar-refractivity contribution in [1.29, 1.82) is 0 Å². The third-order valence-corrected chi connectivity index (χ3v) is 3.86. The van der Waals surface area contributed by atoms with Crippen LogP contribution in [-0.2, 0) is 4.74 Å². The summed E-state index contributed by atoms with van der Waals surface area (Å²) in [4.78, 5) is 14.4. The lowest BCUT2D eigenvalue weighted by molar-refractivity contribution is -0.137. The molecule has 1 saturated heterocycles. The summed E-state index contributed by atoms with van der Waals surface area (Å²) in [7, 11) is 1.47. The van der Waals surface area contributed by atoms with Gasteiger partial charge >= 0.3 is 0 Å². The maximum atomic E-state index is 12.7. The minimum absolute atomic E-state index is 0.150. The number of nitrogens with zero attached hydrogens (tertiary/aromatic N) is 2. The number of methoxy groups -OCH3 is 1. The first-order valence-electron chi connectivity index (χ1n) is 8.12. The number of carbonyl (C=O) groups excluding carboxylic acids is 1. The van der Waals surface area contributed by atoms with Gasteiger partial charge in [0.15, 0.2) is 0 Å². The van der Waals surface area contributed by atoms with Crippen molar-refractivity contribution >= 4 is 5.91 Å². The number of amides is 1. The summed E-state index contributed by atoms with van der Waals surface area (Å²) in [5, 5.41) is 3.68. The average Bonchev–Trinajstić information content (AvgIpc) is 3.08. The Bertz CT molecular complexity index is 713. The quantitative estimate of drug-likeness (QED) is 0.827. The van der Waals surface area contributed by atoms with Crippen LogP contribution in [0.2, 0.25) is 0 Å². The zero-order valence-electron chi connectivity index (χ0n) is 14.6. The van der Waals surface area contributed by atoms with E-state index in [-0.39, 0.29) is 23.7 Å². The van der Waals surface area contributed by atoms with E-state index in [1.165, 1.54) is 13.2 Å². The predicted octanol–water partition coefficient (Wildman–Crippen LogP) is 2.38. The van der Waals surface area contributed by atoms with Gasteiger partial charge < -0.3 is 23.6 Å². The molecule has 1 amide bonds. The minimum atomic E-state index is -0.483. The van der Waals surface area contributed by atoms with Crippen molar-refractivity contribution in [3.63, 3.8) is 0 Å². The van der Waals surface area contributed by atoms with Crippen LogP contribution < -0.4 is 9.47 Å². The smallest absolute Gasteiger partial charge is 0.292 e. The van der Waals surface area contributed by atoms with Gasteiger partial charge in [0.05, 0.1) is 25.3 Å². The summed E-state index contributed by atoms with van der Waals surface area (Å²) < 4.78 is 21.9. The van der Waals surface area contributed by atoms with Crippen LogP contribution in [0.15, 0.2) is 40.9 Å². The highest BCUT2D eigenvalue weighted by Gasteiger charge is 2.37. The molecule has 1 aliphatic heterocycles. The summed E-state index contributed by atoms with van der Waals surface area (Å²) in [6.07, 6.45) is -0.238. The highest BCUT2D eigenvalue weighted by molar-refractivity contribution is 5.91. The van der Waals surface area contributed by atoms with Crippen molar-refractivity contribution in [1.82, 2.24) is 10.1 Å². The van der Waals surface area contributed by atoms with Gasteiger partial charge in [0.1, 0.15) is 18.5 Å². The number of carbonyl (C=O) groups is 1. The Balaban J connectivity index is 1.66. The second kappa shape index (κ2) is 7.14. The molecule has 25 heavy (non-hydrogen) atoms. The molecule has 0 aliphatic carbocycles. The highest BCUT2D eigenvalue weighted by atomic mass is 16.6. The molecule has 7 heteroatoms. The lowest BCUT2D eigenvalue weighted by Gasteiger charge is -2.42. The third-order valence-electron chi connectivity index (χ3n) is 3.86. The number of benzene rings is 1. The monoisotopic (exact) mass is 346 g/mol. The first-order chi connectivity index (χ1) is 12.0. The molecule has 1 aromatic heterocycles. The molecule has 1 aromatic carbocycles. The largest absolute Gasteiger partial charge is 0.491 e. The topological polar surface area (TPSA) is 74.0 Å². The Kier molecular flexibility index (Phi) is 4.94. The normalized spacial score (nSPS) is 19.5. The first kappa shape index (κ1) is 17.3. The Morgan fingerprint density at radius 1 is 1.36 bits per heavy atom. The second-order valence-corrected chi connectivity index (χ2v) is 6.54. The van der Waals surface area contributed by atoms with Gasteiger partial charge in [-0.25, -0.2) is 0 Å². The van der Waals surface area contributed by atoms with Crippen molar-refractivity contribution in [2.24, 2.45) is 0 Å². The van der Waals surface area contributed by atoms with Gasteiger partial charge in [-0.1, -0.05) is 18.2 Å². The highest BCUT2D eigenvalue weighted by Crippen LogP contribution is 2.24. The summed E-state index contributed by atoms with van der Waals surface area (Å²) >= 11 is 0. The van der Waals surface area contributed by atoms with E-state index in [2.05, 4.69) is 5.16 Å². The number of rotatable bonds is 5. The minimum Gasteiger partial charge on any atom is -0.491 e. The molecule has 0 bridgehead atoms. The van der Waals surface area contributed by atoms with Gasteiger partial charge in [-0.15, -0.1) is 0 Å². The van der Waals surface area contributed by atoms with Gasteiger partial charge in [-0.05, 0) is 31.1 Å². The SMILES string of the molecule is COc1cc(C(=O)N2C[C@H](COc3ccccc3)OC(C)(C)C2)on1. The van der Waals surface area contributed by atoms with Crippen LogP contribution in [0.3, 0.4) is 0 Å². The molecule has 0 spiro atoms. The molecule has 2 aromatic rings. The van der Waals surface area contributed by atoms with E-state index in [1.807, 2.05) is 44.2 Å². The van der Waals surface area contributed by atoms with Gasteiger partial charge in [0, 0.05) is 6.54 Å². The molecule has 0 unspecified atom stereocenters. The second-order valence-electron chi connectivity index (χ2n) is 6.54. The Morgan fingerprint density at radius 2 is 2.12 bits per heavy atom. The van der Waals surface area contributed by atoms with E-state index in [4.69, 9.17) is 18.7 Å². The van der Waals surface area contributed by atoms with Gasteiger partial charge in [-0.2, -0.15) is 0 Å². The summed E-state index contributed by atoms with van der Waals surface area (Å²) in [5.74, 6) is 0.960. The van der Waals surface area contributed by atoms with Gasteiger partial charge in [0.2, 0.25) is 5.76 Å². The number of para-hydroxylation sites is 1. The van der Waals surface area contributed by atoms with E-state index in [0.717, 1.165) is 5.75 Å².